The van der Waals surface area contributed by atoms with Crippen molar-refractivity contribution in [3.05, 3.63) is 22.4 Å². The Morgan fingerprint density at radius 1 is 1.59 bits per heavy atom. The Kier molecular flexibility index (Phi) is 5.59. The third kappa shape index (κ3) is 3.52. The highest BCUT2D eigenvalue weighted by atomic mass is 32.1. The standard InChI is InChI=1S/C13H24N2OS/c1-11(12-6-5-9-17-12)15(3)13(2,10-14)7-8-16-4/h5-6,9,11H,7-8,10,14H2,1-4H3. The van der Waals surface area contributed by atoms with Crippen LogP contribution in [0.4, 0.5) is 0 Å². The van der Waals surface area contributed by atoms with Gasteiger partial charge in [-0.3, -0.25) is 4.90 Å². The van der Waals surface area contributed by atoms with E-state index in [4.69, 9.17) is 10.5 Å². The number of methoxy groups -OCH3 is 1. The number of nitrogens with two attached hydrogens (primary N) is 1. The smallest absolute Gasteiger partial charge is 0.0480 e. The molecule has 0 bridgehead atoms. The third-order valence-corrected chi connectivity index (χ3v) is 4.71. The van der Waals surface area contributed by atoms with E-state index in [2.05, 4.69) is 43.3 Å². The van der Waals surface area contributed by atoms with Crippen molar-refractivity contribution in [2.45, 2.75) is 31.8 Å². The molecule has 0 saturated heterocycles. The maximum absolute atomic E-state index is 5.95. The zero-order valence-corrected chi connectivity index (χ0v) is 12.1. The van der Waals surface area contributed by atoms with Gasteiger partial charge in [-0.25, -0.2) is 0 Å². The summed E-state index contributed by atoms with van der Waals surface area (Å²) in [5, 5.41) is 2.12. The lowest BCUT2D eigenvalue weighted by Crippen LogP contribution is -2.51. The van der Waals surface area contributed by atoms with Crippen LogP contribution >= 0.6 is 11.3 Å². The molecule has 2 N–H and O–H groups in total. The first-order valence-electron chi connectivity index (χ1n) is 6.00. The van der Waals surface area contributed by atoms with E-state index >= 15 is 0 Å². The molecule has 1 aromatic heterocycles. The van der Waals surface area contributed by atoms with Crippen LogP contribution in [0.15, 0.2) is 17.5 Å². The van der Waals surface area contributed by atoms with Gasteiger partial charge in [0.2, 0.25) is 0 Å². The number of hydrogen-bond acceptors (Lipinski definition) is 4. The molecule has 0 amide bonds. The number of hydrogen-bond donors (Lipinski definition) is 1. The SMILES string of the molecule is COCCC(C)(CN)N(C)C(C)c1cccs1. The monoisotopic (exact) mass is 256 g/mol. The molecule has 1 heterocycles. The van der Waals surface area contributed by atoms with Gasteiger partial charge in [0.1, 0.15) is 0 Å². The summed E-state index contributed by atoms with van der Waals surface area (Å²) in [7, 11) is 3.88. The summed E-state index contributed by atoms with van der Waals surface area (Å²) >= 11 is 1.80. The number of ether oxygens (including phenoxy) is 1. The highest BCUT2D eigenvalue weighted by Gasteiger charge is 2.31. The summed E-state index contributed by atoms with van der Waals surface area (Å²) in [6, 6.07) is 4.67. The predicted molar refractivity (Wildman–Crippen MR) is 74.4 cm³/mol. The van der Waals surface area contributed by atoms with Crippen molar-refractivity contribution in [2.75, 3.05) is 27.3 Å². The number of nitrogens with zero attached hydrogens (tertiary/aromatic N) is 1. The van der Waals surface area contributed by atoms with Crippen molar-refractivity contribution < 1.29 is 4.74 Å². The van der Waals surface area contributed by atoms with E-state index in [9.17, 15) is 0 Å². The maximum atomic E-state index is 5.95. The number of likely N-dealkylation sites (N-methyl/N-ethyl adjacent to an activating group) is 1. The Hall–Kier alpha value is -0.420. The van der Waals surface area contributed by atoms with E-state index in [0.717, 1.165) is 13.0 Å². The third-order valence-electron chi connectivity index (χ3n) is 3.67. The molecule has 98 valence electrons. The van der Waals surface area contributed by atoms with E-state index in [0.29, 0.717) is 12.6 Å². The van der Waals surface area contributed by atoms with E-state index in [1.807, 2.05) is 0 Å². The van der Waals surface area contributed by atoms with E-state index < -0.39 is 0 Å². The van der Waals surface area contributed by atoms with Gasteiger partial charge in [-0.05, 0) is 38.8 Å². The second kappa shape index (κ2) is 6.50. The molecular weight excluding hydrogens is 232 g/mol. The minimum absolute atomic E-state index is 0.0145. The van der Waals surface area contributed by atoms with Crippen LogP contribution in [0.5, 0.6) is 0 Å². The molecular formula is C13H24N2OS. The quantitative estimate of drug-likeness (QED) is 0.814. The summed E-state index contributed by atoms with van der Waals surface area (Å²) in [6.45, 7) is 5.82. The molecule has 0 spiro atoms. The Bertz CT molecular complexity index is 315. The van der Waals surface area contributed by atoms with E-state index in [1.54, 1.807) is 18.4 Å². The van der Waals surface area contributed by atoms with E-state index in [1.165, 1.54) is 4.88 Å². The second-order valence-corrected chi connectivity index (χ2v) is 5.73. The van der Waals surface area contributed by atoms with Crippen LogP contribution in [0.25, 0.3) is 0 Å². The lowest BCUT2D eigenvalue weighted by Gasteiger charge is -2.41. The second-order valence-electron chi connectivity index (χ2n) is 4.75. The molecule has 3 nitrogen and oxygen atoms in total. The molecule has 0 aliphatic carbocycles. The average Bonchev–Trinajstić information content (AvgIpc) is 2.87. The highest BCUT2D eigenvalue weighted by Crippen LogP contribution is 2.30. The Morgan fingerprint density at radius 3 is 2.76 bits per heavy atom. The van der Waals surface area contributed by atoms with Gasteiger partial charge in [0, 0.05) is 36.7 Å². The molecule has 0 aromatic carbocycles. The van der Waals surface area contributed by atoms with Crippen molar-refractivity contribution in [1.82, 2.24) is 4.90 Å². The van der Waals surface area contributed by atoms with Crippen molar-refractivity contribution in [2.24, 2.45) is 5.73 Å². The molecule has 17 heavy (non-hydrogen) atoms. The molecule has 1 rings (SSSR count). The Morgan fingerprint density at radius 2 is 2.29 bits per heavy atom. The Labute approximate surface area is 109 Å². The fraction of sp³-hybridized carbons (Fsp3) is 0.692. The van der Waals surface area contributed by atoms with Crippen LogP contribution in [0.3, 0.4) is 0 Å². The summed E-state index contributed by atoms with van der Waals surface area (Å²) < 4.78 is 5.18. The first-order valence-corrected chi connectivity index (χ1v) is 6.88. The molecule has 1 aromatic rings. The summed E-state index contributed by atoms with van der Waals surface area (Å²) in [6.07, 6.45) is 0.951. The van der Waals surface area contributed by atoms with Gasteiger partial charge >= 0.3 is 0 Å². The van der Waals surface area contributed by atoms with Crippen LogP contribution in [-0.4, -0.2) is 37.7 Å². The molecule has 0 saturated carbocycles. The van der Waals surface area contributed by atoms with Crippen molar-refractivity contribution in [3.8, 4) is 0 Å². The topological polar surface area (TPSA) is 38.5 Å². The largest absolute Gasteiger partial charge is 0.385 e. The van der Waals surface area contributed by atoms with Gasteiger partial charge < -0.3 is 10.5 Å². The molecule has 0 radical (unpaired) electrons. The fourth-order valence-electron chi connectivity index (χ4n) is 1.93. The average molecular weight is 256 g/mol. The first-order chi connectivity index (χ1) is 8.05. The molecule has 0 fully saturated rings. The van der Waals surface area contributed by atoms with Gasteiger partial charge in [-0.1, -0.05) is 6.07 Å². The summed E-state index contributed by atoms with van der Waals surface area (Å²) in [4.78, 5) is 3.74. The van der Waals surface area contributed by atoms with Crippen molar-refractivity contribution in [1.29, 1.82) is 0 Å². The molecule has 2 unspecified atom stereocenters. The normalized spacial score (nSPS) is 17.1. The van der Waals surface area contributed by atoms with Crippen LogP contribution in [0, 0.1) is 0 Å². The Balaban J connectivity index is 2.74. The van der Waals surface area contributed by atoms with Gasteiger partial charge in [-0.15, -0.1) is 11.3 Å². The highest BCUT2D eigenvalue weighted by molar-refractivity contribution is 7.10. The van der Waals surface area contributed by atoms with E-state index in [-0.39, 0.29) is 5.54 Å². The molecule has 4 heteroatoms. The van der Waals surface area contributed by atoms with Crippen molar-refractivity contribution >= 4 is 11.3 Å². The maximum Gasteiger partial charge on any atom is 0.0480 e. The fourth-order valence-corrected chi connectivity index (χ4v) is 2.76. The van der Waals surface area contributed by atoms with Gasteiger partial charge in [0.05, 0.1) is 0 Å². The van der Waals surface area contributed by atoms with Crippen LogP contribution in [0.2, 0.25) is 0 Å². The number of thiophene rings is 1. The summed E-state index contributed by atoms with van der Waals surface area (Å²) in [5.74, 6) is 0. The molecule has 0 aliphatic rings. The van der Waals surface area contributed by atoms with Crippen LogP contribution in [-0.2, 0) is 4.74 Å². The predicted octanol–water partition coefficient (Wildman–Crippen LogP) is 2.49. The van der Waals surface area contributed by atoms with Gasteiger partial charge in [0.25, 0.3) is 0 Å². The molecule has 2 atom stereocenters. The lowest BCUT2D eigenvalue weighted by atomic mass is 9.94. The number of rotatable bonds is 7. The first kappa shape index (κ1) is 14.6. The van der Waals surface area contributed by atoms with Gasteiger partial charge in [0.15, 0.2) is 0 Å². The molecule has 0 aliphatic heterocycles. The zero-order valence-electron chi connectivity index (χ0n) is 11.3. The van der Waals surface area contributed by atoms with Crippen LogP contribution in [0.1, 0.15) is 31.2 Å². The lowest BCUT2D eigenvalue weighted by molar-refractivity contribution is 0.0627. The minimum atomic E-state index is -0.0145. The van der Waals surface area contributed by atoms with Crippen LogP contribution < -0.4 is 5.73 Å². The minimum Gasteiger partial charge on any atom is -0.385 e. The van der Waals surface area contributed by atoms with Crippen molar-refractivity contribution in [3.63, 3.8) is 0 Å². The summed E-state index contributed by atoms with van der Waals surface area (Å²) in [5.41, 5.74) is 5.93. The zero-order chi connectivity index (χ0) is 12.9. The van der Waals surface area contributed by atoms with Gasteiger partial charge in [-0.2, -0.15) is 0 Å².